The number of rotatable bonds is 4. The average molecular weight is 261 g/mol. The van der Waals surface area contributed by atoms with Crippen molar-refractivity contribution in [1.29, 1.82) is 0 Å². The Bertz CT molecular complexity index is 587. The predicted octanol–water partition coefficient (Wildman–Crippen LogP) is 2.91. The first-order valence-corrected chi connectivity index (χ1v) is 6.57. The Morgan fingerprint density at radius 2 is 2.05 bits per heavy atom. The van der Waals surface area contributed by atoms with Gasteiger partial charge in [-0.2, -0.15) is 5.10 Å². The molecule has 0 aliphatic carbocycles. The van der Waals surface area contributed by atoms with E-state index in [9.17, 15) is 4.39 Å². The summed E-state index contributed by atoms with van der Waals surface area (Å²) in [7, 11) is 1.85. The van der Waals surface area contributed by atoms with Gasteiger partial charge in [0.1, 0.15) is 11.5 Å². The zero-order valence-corrected chi connectivity index (χ0v) is 11.9. The van der Waals surface area contributed by atoms with Gasteiger partial charge in [0.15, 0.2) is 0 Å². The maximum atomic E-state index is 14.2. The zero-order valence-electron chi connectivity index (χ0n) is 11.9. The molecule has 19 heavy (non-hydrogen) atoms. The van der Waals surface area contributed by atoms with Gasteiger partial charge in [-0.25, -0.2) is 9.07 Å². The van der Waals surface area contributed by atoms with Crippen LogP contribution in [0.4, 0.5) is 4.39 Å². The van der Waals surface area contributed by atoms with Crippen LogP contribution in [0, 0.1) is 19.7 Å². The monoisotopic (exact) mass is 261 g/mol. The number of nitrogens with one attached hydrogen (secondary N) is 1. The van der Waals surface area contributed by atoms with E-state index in [0.717, 1.165) is 23.4 Å². The molecule has 4 heteroatoms. The van der Waals surface area contributed by atoms with Crippen molar-refractivity contribution in [3.8, 4) is 5.69 Å². The standard InChI is InChI=1S/C15H20FN3/c1-5-13-10(2)18-19(11(13)3)15-12(9-17-4)7-6-8-14(15)16/h6-8,17H,5,9H2,1-4H3. The number of nitrogens with zero attached hydrogens (tertiary/aromatic N) is 2. The molecule has 2 rings (SSSR count). The quantitative estimate of drug-likeness (QED) is 0.917. The summed E-state index contributed by atoms with van der Waals surface area (Å²) < 4.78 is 15.9. The van der Waals surface area contributed by atoms with Crippen molar-refractivity contribution in [2.75, 3.05) is 7.05 Å². The third-order valence-corrected chi connectivity index (χ3v) is 3.44. The van der Waals surface area contributed by atoms with Crippen LogP contribution in [0.3, 0.4) is 0 Å². The van der Waals surface area contributed by atoms with Gasteiger partial charge in [0.2, 0.25) is 0 Å². The topological polar surface area (TPSA) is 29.9 Å². The normalized spacial score (nSPS) is 11.0. The highest BCUT2D eigenvalue weighted by atomic mass is 19.1. The summed E-state index contributed by atoms with van der Waals surface area (Å²) >= 11 is 0. The van der Waals surface area contributed by atoms with Gasteiger partial charge < -0.3 is 5.32 Å². The molecule has 1 heterocycles. The van der Waals surface area contributed by atoms with Crippen LogP contribution in [0.15, 0.2) is 18.2 Å². The number of aromatic nitrogens is 2. The Balaban J connectivity index is 2.64. The van der Waals surface area contributed by atoms with Crippen LogP contribution in [0.1, 0.15) is 29.4 Å². The largest absolute Gasteiger partial charge is 0.316 e. The molecule has 1 N–H and O–H groups in total. The van der Waals surface area contributed by atoms with Crippen LogP contribution in [-0.4, -0.2) is 16.8 Å². The van der Waals surface area contributed by atoms with Crippen LogP contribution in [0.2, 0.25) is 0 Å². The molecule has 0 atom stereocenters. The smallest absolute Gasteiger partial charge is 0.149 e. The molecule has 0 unspecified atom stereocenters. The molecule has 0 saturated carbocycles. The molecule has 0 amide bonds. The maximum Gasteiger partial charge on any atom is 0.149 e. The molecule has 0 fully saturated rings. The van der Waals surface area contributed by atoms with Crippen molar-refractivity contribution in [3.63, 3.8) is 0 Å². The SMILES string of the molecule is CCc1c(C)nn(-c2c(F)cccc2CNC)c1C. The van der Waals surface area contributed by atoms with Crippen molar-refractivity contribution < 1.29 is 4.39 Å². The number of hydrogen-bond acceptors (Lipinski definition) is 2. The Labute approximate surface area is 113 Å². The first-order valence-electron chi connectivity index (χ1n) is 6.57. The summed E-state index contributed by atoms with van der Waals surface area (Å²) in [6, 6.07) is 5.14. The maximum absolute atomic E-state index is 14.2. The van der Waals surface area contributed by atoms with Gasteiger partial charge in [-0.15, -0.1) is 0 Å². The van der Waals surface area contributed by atoms with Crippen molar-refractivity contribution in [2.45, 2.75) is 33.7 Å². The molecule has 1 aromatic heterocycles. The molecule has 0 spiro atoms. The number of aryl methyl sites for hydroxylation is 1. The van der Waals surface area contributed by atoms with E-state index >= 15 is 0 Å². The van der Waals surface area contributed by atoms with Gasteiger partial charge in [0, 0.05) is 12.2 Å². The molecule has 0 bridgehead atoms. The second kappa shape index (κ2) is 5.53. The Kier molecular flexibility index (Phi) is 4.00. The number of hydrogen-bond donors (Lipinski definition) is 1. The fourth-order valence-corrected chi connectivity index (χ4v) is 2.53. The number of benzene rings is 1. The van der Waals surface area contributed by atoms with E-state index in [1.807, 2.05) is 27.0 Å². The van der Waals surface area contributed by atoms with E-state index in [1.54, 1.807) is 10.7 Å². The van der Waals surface area contributed by atoms with Crippen molar-refractivity contribution >= 4 is 0 Å². The second-order valence-corrected chi connectivity index (χ2v) is 4.69. The minimum Gasteiger partial charge on any atom is -0.316 e. The molecular weight excluding hydrogens is 241 g/mol. The zero-order chi connectivity index (χ0) is 14.0. The van der Waals surface area contributed by atoms with E-state index in [2.05, 4.69) is 17.3 Å². The van der Waals surface area contributed by atoms with Gasteiger partial charge in [0.05, 0.1) is 5.69 Å². The van der Waals surface area contributed by atoms with Crippen LogP contribution >= 0.6 is 0 Å². The Hall–Kier alpha value is -1.68. The summed E-state index contributed by atoms with van der Waals surface area (Å²) in [4.78, 5) is 0. The summed E-state index contributed by atoms with van der Waals surface area (Å²) in [6.07, 6.45) is 0.910. The van der Waals surface area contributed by atoms with E-state index in [-0.39, 0.29) is 5.82 Å². The third-order valence-electron chi connectivity index (χ3n) is 3.44. The first kappa shape index (κ1) is 13.7. The number of halogens is 1. The van der Waals surface area contributed by atoms with E-state index in [1.165, 1.54) is 11.6 Å². The van der Waals surface area contributed by atoms with Gasteiger partial charge in [-0.05, 0) is 44.5 Å². The van der Waals surface area contributed by atoms with E-state index in [0.29, 0.717) is 12.2 Å². The lowest BCUT2D eigenvalue weighted by atomic mass is 10.1. The van der Waals surface area contributed by atoms with Crippen LogP contribution in [0.5, 0.6) is 0 Å². The summed E-state index contributed by atoms with van der Waals surface area (Å²) in [5, 5.41) is 7.57. The second-order valence-electron chi connectivity index (χ2n) is 4.69. The van der Waals surface area contributed by atoms with Crippen molar-refractivity contribution in [1.82, 2.24) is 15.1 Å². The predicted molar refractivity (Wildman–Crippen MR) is 75.1 cm³/mol. The van der Waals surface area contributed by atoms with Crippen LogP contribution < -0.4 is 5.32 Å². The van der Waals surface area contributed by atoms with Gasteiger partial charge in [-0.3, -0.25) is 0 Å². The van der Waals surface area contributed by atoms with Gasteiger partial charge in [0.25, 0.3) is 0 Å². The third kappa shape index (κ3) is 2.40. The molecular formula is C15H20FN3. The van der Waals surface area contributed by atoms with E-state index < -0.39 is 0 Å². The van der Waals surface area contributed by atoms with Gasteiger partial charge >= 0.3 is 0 Å². The molecule has 1 aromatic carbocycles. The molecule has 0 aliphatic rings. The molecule has 102 valence electrons. The molecule has 0 aliphatic heterocycles. The lowest BCUT2D eigenvalue weighted by molar-refractivity contribution is 0.601. The number of para-hydroxylation sites is 1. The molecule has 3 nitrogen and oxygen atoms in total. The van der Waals surface area contributed by atoms with Crippen molar-refractivity contribution in [3.05, 3.63) is 46.5 Å². The highest BCUT2D eigenvalue weighted by Gasteiger charge is 2.16. The minimum atomic E-state index is -0.235. The first-order chi connectivity index (χ1) is 9.10. The lowest BCUT2D eigenvalue weighted by Crippen LogP contribution is -2.12. The Morgan fingerprint density at radius 1 is 1.32 bits per heavy atom. The average Bonchev–Trinajstić information content (AvgIpc) is 2.65. The van der Waals surface area contributed by atoms with Crippen molar-refractivity contribution in [2.24, 2.45) is 0 Å². The lowest BCUT2D eigenvalue weighted by Gasteiger charge is -2.12. The molecule has 2 aromatic rings. The van der Waals surface area contributed by atoms with E-state index in [4.69, 9.17) is 0 Å². The van der Waals surface area contributed by atoms with Crippen LogP contribution in [0.25, 0.3) is 5.69 Å². The summed E-state index contributed by atoms with van der Waals surface area (Å²) in [6.45, 7) is 6.68. The minimum absolute atomic E-state index is 0.235. The fraction of sp³-hybridized carbons (Fsp3) is 0.400. The highest BCUT2D eigenvalue weighted by Crippen LogP contribution is 2.23. The van der Waals surface area contributed by atoms with Crippen LogP contribution in [-0.2, 0) is 13.0 Å². The Morgan fingerprint density at radius 3 is 2.63 bits per heavy atom. The molecule has 0 saturated heterocycles. The fourth-order valence-electron chi connectivity index (χ4n) is 2.53. The summed E-state index contributed by atoms with van der Waals surface area (Å²) in [5.74, 6) is -0.235. The molecule has 0 radical (unpaired) electrons. The summed E-state index contributed by atoms with van der Waals surface area (Å²) in [5.41, 5.74) is 4.65. The van der Waals surface area contributed by atoms with Gasteiger partial charge in [-0.1, -0.05) is 19.1 Å². The highest BCUT2D eigenvalue weighted by molar-refractivity contribution is 5.45.